The first-order chi connectivity index (χ1) is 12.9. The van der Waals surface area contributed by atoms with Crippen molar-refractivity contribution in [2.24, 2.45) is 5.92 Å². The summed E-state index contributed by atoms with van der Waals surface area (Å²) in [6.45, 7) is 6.23. The van der Waals surface area contributed by atoms with Crippen LogP contribution in [0.1, 0.15) is 38.1 Å². The Bertz CT molecular complexity index is 885. The van der Waals surface area contributed by atoms with Crippen LogP contribution < -0.4 is 10.2 Å². The molecule has 1 unspecified atom stereocenters. The molecule has 5 nitrogen and oxygen atoms in total. The second kappa shape index (κ2) is 8.63. The molecule has 1 atom stereocenters. The van der Waals surface area contributed by atoms with Crippen LogP contribution >= 0.6 is 22.7 Å². The van der Waals surface area contributed by atoms with Gasteiger partial charge in [0.2, 0.25) is 11.8 Å². The van der Waals surface area contributed by atoms with Crippen LogP contribution in [0.2, 0.25) is 0 Å². The molecular formula is C20H23N3O2S2. The first-order valence-corrected chi connectivity index (χ1v) is 10.6. The van der Waals surface area contributed by atoms with Gasteiger partial charge in [-0.25, -0.2) is 4.98 Å². The van der Waals surface area contributed by atoms with Crippen molar-refractivity contribution >= 4 is 49.8 Å². The van der Waals surface area contributed by atoms with E-state index in [-0.39, 0.29) is 24.3 Å². The number of anilines is 1. The van der Waals surface area contributed by atoms with Crippen LogP contribution in [0.15, 0.2) is 41.8 Å². The van der Waals surface area contributed by atoms with Gasteiger partial charge in [-0.2, -0.15) is 0 Å². The number of hydrogen-bond acceptors (Lipinski definition) is 5. The van der Waals surface area contributed by atoms with Gasteiger partial charge in [0.1, 0.15) is 0 Å². The zero-order chi connectivity index (χ0) is 19.4. The number of para-hydroxylation sites is 1. The minimum absolute atomic E-state index is 0.0325. The fourth-order valence-electron chi connectivity index (χ4n) is 2.87. The Morgan fingerprint density at radius 1 is 1.19 bits per heavy atom. The predicted molar refractivity (Wildman–Crippen MR) is 112 cm³/mol. The van der Waals surface area contributed by atoms with Gasteiger partial charge < -0.3 is 5.32 Å². The van der Waals surface area contributed by atoms with Crippen molar-refractivity contribution in [3.8, 4) is 0 Å². The van der Waals surface area contributed by atoms with E-state index in [9.17, 15) is 9.59 Å². The molecule has 0 radical (unpaired) electrons. The number of fused-ring (bicyclic) bond motifs is 1. The lowest BCUT2D eigenvalue weighted by molar-refractivity contribution is -0.121. The van der Waals surface area contributed by atoms with Crippen molar-refractivity contribution in [1.29, 1.82) is 0 Å². The third-order valence-electron chi connectivity index (χ3n) is 4.01. The van der Waals surface area contributed by atoms with E-state index in [1.54, 1.807) is 16.2 Å². The molecule has 0 aliphatic carbocycles. The molecule has 3 aromatic rings. The van der Waals surface area contributed by atoms with Crippen molar-refractivity contribution in [2.45, 2.75) is 33.2 Å². The van der Waals surface area contributed by atoms with Crippen molar-refractivity contribution in [3.63, 3.8) is 0 Å². The molecule has 1 aromatic carbocycles. The highest BCUT2D eigenvalue weighted by atomic mass is 32.1. The number of carbonyl (C=O) groups is 2. The van der Waals surface area contributed by atoms with E-state index in [1.165, 1.54) is 18.3 Å². The molecular weight excluding hydrogens is 378 g/mol. The molecule has 7 heteroatoms. The molecule has 0 bridgehead atoms. The van der Waals surface area contributed by atoms with Gasteiger partial charge in [0.05, 0.1) is 22.7 Å². The second-order valence-corrected chi connectivity index (χ2v) is 8.82. The monoisotopic (exact) mass is 401 g/mol. The molecule has 2 amide bonds. The van der Waals surface area contributed by atoms with E-state index in [4.69, 9.17) is 0 Å². The maximum Gasteiger partial charge on any atom is 0.231 e. The van der Waals surface area contributed by atoms with E-state index in [0.717, 1.165) is 15.1 Å². The number of thiophene rings is 1. The molecule has 1 N–H and O–H groups in total. The number of benzene rings is 1. The number of aromatic nitrogens is 1. The van der Waals surface area contributed by atoms with Crippen molar-refractivity contribution in [1.82, 2.24) is 10.3 Å². The molecule has 0 aliphatic heterocycles. The number of carbonyl (C=O) groups excluding carboxylic acids is 2. The topological polar surface area (TPSA) is 62.3 Å². The van der Waals surface area contributed by atoms with Crippen LogP contribution in [-0.4, -0.2) is 23.3 Å². The standard InChI is InChI=1S/C20H23N3O2S2/c1-13(2)12-23(20-22-15-7-4-5-8-18(15)27-20)19(25)11-16(21-14(3)24)17-9-6-10-26-17/h4-10,13,16H,11-12H2,1-3H3,(H,21,24). The molecule has 142 valence electrons. The lowest BCUT2D eigenvalue weighted by atomic mass is 10.1. The number of hydrogen-bond donors (Lipinski definition) is 1. The van der Waals surface area contributed by atoms with Crippen LogP contribution in [0.25, 0.3) is 10.2 Å². The van der Waals surface area contributed by atoms with Gasteiger partial charge >= 0.3 is 0 Å². The van der Waals surface area contributed by atoms with Crippen LogP contribution in [0.4, 0.5) is 5.13 Å². The summed E-state index contributed by atoms with van der Waals surface area (Å²) in [5.74, 6) is 0.133. The molecule has 3 rings (SSSR count). The first kappa shape index (κ1) is 19.5. The smallest absolute Gasteiger partial charge is 0.231 e. The highest BCUT2D eigenvalue weighted by Gasteiger charge is 2.25. The highest BCUT2D eigenvalue weighted by molar-refractivity contribution is 7.22. The van der Waals surface area contributed by atoms with Crippen LogP contribution in [0, 0.1) is 5.92 Å². The quantitative estimate of drug-likeness (QED) is 0.629. The molecule has 27 heavy (non-hydrogen) atoms. The minimum Gasteiger partial charge on any atom is -0.348 e. The van der Waals surface area contributed by atoms with Crippen molar-refractivity contribution in [3.05, 3.63) is 46.7 Å². The number of thiazole rings is 1. The lowest BCUT2D eigenvalue weighted by Gasteiger charge is -2.24. The molecule has 0 spiro atoms. The van der Waals surface area contributed by atoms with Gasteiger partial charge in [-0.05, 0) is 29.5 Å². The lowest BCUT2D eigenvalue weighted by Crippen LogP contribution is -2.37. The van der Waals surface area contributed by atoms with E-state index in [1.807, 2.05) is 41.8 Å². The van der Waals surface area contributed by atoms with E-state index in [0.29, 0.717) is 17.6 Å². The summed E-state index contributed by atoms with van der Waals surface area (Å²) in [6, 6.07) is 11.5. The largest absolute Gasteiger partial charge is 0.348 e. The zero-order valence-electron chi connectivity index (χ0n) is 15.6. The van der Waals surface area contributed by atoms with Crippen molar-refractivity contribution in [2.75, 3.05) is 11.4 Å². The molecule has 0 saturated carbocycles. The third kappa shape index (κ3) is 4.93. The van der Waals surface area contributed by atoms with Gasteiger partial charge in [0.15, 0.2) is 5.13 Å². The number of nitrogens with zero attached hydrogens (tertiary/aromatic N) is 2. The summed E-state index contributed by atoms with van der Waals surface area (Å²) in [6.07, 6.45) is 0.211. The normalized spacial score (nSPS) is 12.3. The summed E-state index contributed by atoms with van der Waals surface area (Å²) < 4.78 is 1.06. The molecule has 0 fully saturated rings. The summed E-state index contributed by atoms with van der Waals surface area (Å²) in [4.78, 5) is 32.2. The summed E-state index contributed by atoms with van der Waals surface area (Å²) in [5.41, 5.74) is 0.899. The molecule has 0 saturated heterocycles. The SMILES string of the molecule is CC(=O)NC(CC(=O)N(CC(C)C)c1nc2ccccc2s1)c1cccs1. The zero-order valence-corrected chi connectivity index (χ0v) is 17.3. The number of amides is 2. The van der Waals surface area contributed by atoms with Gasteiger partial charge in [-0.3, -0.25) is 14.5 Å². The second-order valence-electron chi connectivity index (χ2n) is 6.84. The van der Waals surface area contributed by atoms with Gasteiger partial charge in [0, 0.05) is 18.3 Å². The van der Waals surface area contributed by atoms with Crippen LogP contribution in [0.3, 0.4) is 0 Å². The fourth-order valence-corrected chi connectivity index (χ4v) is 4.64. The Hall–Kier alpha value is -2.25. The maximum absolute atomic E-state index is 13.2. The number of nitrogens with one attached hydrogen (secondary N) is 1. The average molecular weight is 402 g/mol. The average Bonchev–Trinajstić information content (AvgIpc) is 3.27. The predicted octanol–water partition coefficient (Wildman–Crippen LogP) is 4.61. The first-order valence-electron chi connectivity index (χ1n) is 8.90. The Kier molecular flexibility index (Phi) is 6.23. The van der Waals surface area contributed by atoms with E-state index in [2.05, 4.69) is 24.1 Å². The maximum atomic E-state index is 13.2. The summed E-state index contributed by atoms with van der Waals surface area (Å²) in [5, 5.41) is 5.57. The minimum atomic E-state index is -0.320. The highest BCUT2D eigenvalue weighted by Crippen LogP contribution is 2.31. The molecule has 0 aliphatic rings. The van der Waals surface area contributed by atoms with Gasteiger partial charge in [0.25, 0.3) is 0 Å². The van der Waals surface area contributed by atoms with Crippen molar-refractivity contribution < 1.29 is 9.59 Å². The van der Waals surface area contributed by atoms with Gasteiger partial charge in [-0.1, -0.05) is 43.4 Å². The Balaban J connectivity index is 1.87. The van der Waals surface area contributed by atoms with Crippen LogP contribution in [0.5, 0.6) is 0 Å². The summed E-state index contributed by atoms with van der Waals surface area (Å²) in [7, 11) is 0. The Morgan fingerprint density at radius 2 is 1.96 bits per heavy atom. The molecule has 2 heterocycles. The Morgan fingerprint density at radius 3 is 2.59 bits per heavy atom. The summed E-state index contributed by atoms with van der Waals surface area (Å²) >= 11 is 3.07. The molecule has 2 aromatic heterocycles. The van der Waals surface area contributed by atoms with E-state index >= 15 is 0 Å². The van der Waals surface area contributed by atoms with Gasteiger partial charge in [-0.15, -0.1) is 11.3 Å². The number of rotatable bonds is 7. The fraction of sp³-hybridized carbons (Fsp3) is 0.350. The third-order valence-corrected chi connectivity index (χ3v) is 6.05. The van der Waals surface area contributed by atoms with E-state index < -0.39 is 0 Å². The van der Waals surface area contributed by atoms with Crippen LogP contribution in [-0.2, 0) is 9.59 Å². The Labute approximate surface area is 167 Å².